The summed E-state index contributed by atoms with van der Waals surface area (Å²) in [4.78, 5) is 24.6. The van der Waals surface area contributed by atoms with E-state index in [-0.39, 0.29) is 17.2 Å². The fourth-order valence-electron chi connectivity index (χ4n) is 3.80. The average Bonchev–Trinajstić information content (AvgIpc) is 3.30. The Morgan fingerprint density at radius 1 is 1.21 bits per heavy atom. The number of rotatable bonds is 9. The van der Waals surface area contributed by atoms with Gasteiger partial charge in [-0.3, -0.25) is 9.59 Å². The number of amides is 1. The molecule has 2 heterocycles. The molecule has 0 radical (unpaired) electrons. The molecule has 1 aliphatic carbocycles. The Balaban J connectivity index is 1.46. The lowest BCUT2D eigenvalue weighted by Gasteiger charge is -2.12. The van der Waals surface area contributed by atoms with Gasteiger partial charge < -0.3 is 14.8 Å². The molecular formula is C23H27N5O4S. The van der Waals surface area contributed by atoms with Crippen molar-refractivity contribution in [3.8, 4) is 22.8 Å². The van der Waals surface area contributed by atoms with E-state index >= 15 is 0 Å². The molecule has 0 bridgehead atoms. The number of nitrogens with zero attached hydrogens (tertiary/aromatic N) is 3. The molecule has 0 aliphatic heterocycles. The monoisotopic (exact) mass is 469 g/mol. The van der Waals surface area contributed by atoms with Gasteiger partial charge in [0.05, 0.1) is 25.7 Å². The van der Waals surface area contributed by atoms with Crippen LogP contribution in [0.2, 0.25) is 0 Å². The molecular weight excluding hydrogens is 442 g/mol. The summed E-state index contributed by atoms with van der Waals surface area (Å²) in [5.74, 6) is 1.27. The van der Waals surface area contributed by atoms with Crippen LogP contribution in [0.5, 0.6) is 11.5 Å². The highest BCUT2D eigenvalue weighted by Gasteiger charge is 2.15. The Kier molecular flexibility index (Phi) is 7.33. The highest BCUT2D eigenvalue weighted by molar-refractivity contribution is 7.99. The van der Waals surface area contributed by atoms with E-state index < -0.39 is 0 Å². The minimum atomic E-state index is -0.358. The van der Waals surface area contributed by atoms with Crippen molar-refractivity contribution in [2.45, 2.75) is 37.3 Å². The smallest absolute Gasteiger partial charge is 0.290 e. The highest BCUT2D eigenvalue weighted by atomic mass is 32.2. The van der Waals surface area contributed by atoms with Crippen molar-refractivity contribution in [3.63, 3.8) is 0 Å². The molecule has 2 N–H and O–H groups in total. The van der Waals surface area contributed by atoms with E-state index in [0.29, 0.717) is 34.4 Å². The molecule has 2 aromatic heterocycles. The first-order valence-corrected chi connectivity index (χ1v) is 11.9. The number of benzene rings is 1. The molecule has 33 heavy (non-hydrogen) atoms. The van der Waals surface area contributed by atoms with Gasteiger partial charge in [0.1, 0.15) is 5.52 Å². The summed E-state index contributed by atoms with van der Waals surface area (Å²) in [7, 11) is 3.13. The molecule has 1 amide bonds. The Hall–Kier alpha value is -3.27. The van der Waals surface area contributed by atoms with Gasteiger partial charge >= 0.3 is 0 Å². The second-order valence-electron chi connectivity index (χ2n) is 7.73. The van der Waals surface area contributed by atoms with Gasteiger partial charge in [-0.05, 0) is 56.4 Å². The number of aromatic amines is 1. The van der Waals surface area contributed by atoms with Crippen molar-refractivity contribution in [3.05, 3.63) is 46.3 Å². The third-order valence-corrected chi connectivity index (χ3v) is 6.47. The van der Waals surface area contributed by atoms with Crippen LogP contribution in [0.1, 0.15) is 32.1 Å². The quantitative estimate of drug-likeness (QED) is 0.366. The fourth-order valence-corrected chi connectivity index (χ4v) is 4.53. The van der Waals surface area contributed by atoms with E-state index in [1.807, 2.05) is 6.07 Å². The number of hydrogen-bond acceptors (Lipinski definition) is 7. The van der Waals surface area contributed by atoms with Gasteiger partial charge in [0, 0.05) is 12.1 Å². The first-order chi connectivity index (χ1) is 16.1. The summed E-state index contributed by atoms with van der Waals surface area (Å²) >= 11 is 1.22. The number of H-pyrrole nitrogens is 1. The average molecular weight is 470 g/mol. The summed E-state index contributed by atoms with van der Waals surface area (Å²) in [5.41, 5.74) is 2.77. The first-order valence-electron chi connectivity index (χ1n) is 10.9. The maximum atomic E-state index is 12.3. The maximum Gasteiger partial charge on any atom is 0.290 e. The SMILES string of the molecule is COc1ccc(-c2cc3c(=O)[nH]nc(SCC(=O)NCCC4=CCCCC4)n3n2)cc1OC. The Bertz CT molecular complexity index is 1230. The van der Waals surface area contributed by atoms with Gasteiger partial charge in [-0.1, -0.05) is 23.4 Å². The number of carbonyl (C=O) groups is 1. The van der Waals surface area contributed by atoms with E-state index in [0.717, 1.165) is 24.8 Å². The topological polar surface area (TPSA) is 111 Å². The molecule has 4 rings (SSSR count). The van der Waals surface area contributed by atoms with Gasteiger partial charge in [0.25, 0.3) is 5.56 Å². The van der Waals surface area contributed by atoms with E-state index in [1.165, 1.54) is 34.7 Å². The van der Waals surface area contributed by atoms with Gasteiger partial charge in [0.2, 0.25) is 11.1 Å². The molecule has 0 unspecified atom stereocenters. The molecule has 0 saturated heterocycles. The number of ether oxygens (including phenoxy) is 2. The van der Waals surface area contributed by atoms with Crippen LogP contribution in [-0.2, 0) is 4.79 Å². The highest BCUT2D eigenvalue weighted by Crippen LogP contribution is 2.32. The zero-order valence-corrected chi connectivity index (χ0v) is 19.5. The number of carbonyl (C=O) groups excluding carboxylic acids is 1. The van der Waals surface area contributed by atoms with E-state index in [2.05, 4.69) is 26.7 Å². The standard InChI is InChI=1S/C23H27N5O4S/c1-31-19-9-8-16(12-20(19)32-2)17-13-18-22(30)25-26-23(28(18)27-17)33-14-21(29)24-11-10-15-6-4-3-5-7-15/h6,8-9,12-13H,3-5,7,10-11,14H2,1-2H3,(H,24,29)(H,25,30). The summed E-state index contributed by atoms with van der Waals surface area (Å²) in [5, 5.41) is 14.5. The van der Waals surface area contributed by atoms with Crippen molar-refractivity contribution in [1.82, 2.24) is 25.1 Å². The van der Waals surface area contributed by atoms with Crippen LogP contribution < -0.4 is 20.3 Å². The Morgan fingerprint density at radius 2 is 2.06 bits per heavy atom. The summed E-state index contributed by atoms with van der Waals surface area (Å²) in [6.45, 7) is 0.630. The third-order valence-electron chi connectivity index (χ3n) is 5.54. The molecule has 3 aromatic rings. The number of fused-ring (bicyclic) bond motifs is 1. The lowest BCUT2D eigenvalue weighted by molar-refractivity contribution is -0.118. The number of aromatic nitrogens is 4. The fraction of sp³-hybridized carbons (Fsp3) is 0.391. The summed E-state index contributed by atoms with van der Waals surface area (Å²) in [6, 6.07) is 7.10. The number of allylic oxidation sites excluding steroid dienone is 1. The minimum absolute atomic E-state index is 0.0789. The molecule has 10 heteroatoms. The molecule has 0 saturated carbocycles. The van der Waals surface area contributed by atoms with E-state index in [9.17, 15) is 9.59 Å². The second kappa shape index (κ2) is 10.6. The Morgan fingerprint density at radius 3 is 2.82 bits per heavy atom. The van der Waals surface area contributed by atoms with Crippen LogP contribution in [0.4, 0.5) is 0 Å². The minimum Gasteiger partial charge on any atom is -0.493 e. The van der Waals surface area contributed by atoms with Gasteiger partial charge in [-0.25, -0.2) is 9.61 Å². The van der Waals surface area contributed by atoms with Crippen LogP contribution in [0, 0.1) is 0 Å². The van der Waals surface area contributed by atoms with Crippen molar-refractivity contribution >= 4 is 23.2 Å². The zero-order valence-electron chi connectivity index (χ0n) is 18.7. The van der Waals surface area contributed by atoms with Crippen LogP contribution in [0.3, 0.4) is 0 Å². The van der Waals surface area contributed by atoms with Crippen LogP contribution in [0.25, 0.3) is 16.8 Å². The predicted octanol–water partition coefficient (Wildman–Crippen LogP) is 3.20. The number of nitrogens with one attached hydrogen (secondary N) is 2. The van der Waals surface area contributed by atoms with Crippen molar-refractivity contribution < 1.29 is 14.3 Å². The summed E-state index contributed by atoms with van der Waals surface area (Å²) in [6.07, 6.45) is 7.95. The van der Waals surface area contributed by atoms with Crippen molar-refractivity contribution in [1.29, 1.82) is 0 Å². The molecule has 0 spiro atoms. The van der Waals surface area contributed by atoms with E-state index in [4.69, 9.17) is 9.47 Å². The van der Waals surface area contributed by atoms with E-state index in [1.54, 1.807) is 32.4 Å². The van der Waals surface area contributed by atoms with Crippen molar-refractivity contribution in [2.24, 2.45) is 0 Å². The first kappa shape index (κ1) is 22.9. The molecule has 174 valence electrons. The number of thioether (sulfide) groups is 1. The molecule has 9 nitrogen and oxygen atoms in total. The third kappa shape index (κ3) is 5.39. The number of hydrogen-bond donors (Lipinski definition) is 2. The van der Waals surface area contributed by atoms with Crippen LogP contribution in [-0.4, -0.2) is 52.2 Å². The molecule has 1 aromatic carbocycles. The number of methoxy groups -OCH3 is 2. The molecule has 0 fully saturated rings. The molecule has 0 atom stereocenters. The zero-order chi connectivity index (χ0) is 23.2. The van der Waals surface area contributed by atoms with Gasteiger partial charge in [-0.15, -0.1) is 5.10 Å². The second-order valence-corrected chi connectivity index (χ2v) is 8.67. The molecule has 1 aliphatic rings. The van der Waals surface area contributed by atoms with Crippen molar-refractivity contribution in [2.75, 3.05) is 26.5 Å². The largest absolute Gasteiger partial charge is 0.493 e. The normalized spacial score (nSPS) is 13.6. The summed E-state index contributed by atoms with van der Waals surface area (Å²) < 4.78 is 12.1. The predicted molar refractivity (Wildman–Crippen MR) is 127 cm³/mol. The van der Waals surface area contributed by atoms with Crippen LogP contribution in [0.15, 0.2) is 45.9 Å². The van der Waals surface area contributed by atoms with Gasteiger partial charge in [-0.2, -0.15) is 5.10 Å². The maximum absolute atomic E-state index is 12.3. The van der Waals surface area contributed by atoms with Crippen LogP contribution >= 0.6 is 11.8 Å². The lowest BCUT2D eigenvalue weighted by atomic mass is 9.97. The Labute approximate surface area is 195 Å². The van der Waals surface area contributed by atoms with Gasteiger partial charge in [0.15, 0.2) is 11.5 Å². The lowest BCUT2D eigenvalue weighted by Crippen LogP contribution is -2.27.